The van der Waals surface area contributed by atoms with Crippen molar-refractivity contribution in [2.45, 2.75) is 6.43 Å². The first-order chi connectivity index (χ1) is 18.0. The van der Waals surface area contributed by atoms with E-state index in [2.05, 4.69) is 24.9 Å². The number of rotatable bonds is 9. The molecule has 2 aromatic heterocycles. The van der Waals surface area contributed by atoms with E-state index in [1.807, 2.05) is 9.80 Å². The molecule has 2 saturated heterocycles. The maximum absolute atomic E-state index is 13.8. The fourth-order valence-corrected chi connectivity index (χ4v) is 3.82. The fourth-order valence-electron chi connectivity index (χ4n) is 3.82. The number of hydrogen-bond acceptors (Lipinski definition) is 13. The number of carbonyl (C=O) groups is 1. The molecule has 0 radical (unpaired) electrons. The first-order valence-corrected chi connectivity index (χ1v) is 11.9. The van der Waals surface area contributed by atoms with Gasteiger partial charge in [-0.15, -0.1) is 0 Å². The van der Waals surface area contributed by atoms with E-state index < -0.39 is 18.2 Å². The van der Waals surface area contributed by atoms with Crippen LogP contribution in [0.25, 0.3) is 11.4 Å². The normalized spacial score (nSPS) is 16.4. The Morgan fingerprint density at radius 3 is 2.30 bits per heavy atom. The molecule has 0 saturated carbocycles. The zero-order valence-electron chi connectivity index (χ0n) is 20.3. The van der Waals surface area contributed by atoms with Gasteiger partial charge in [0.25, 0.3) is 6.43 Å². The number of halogens is 2. The molecule has 0 spiro atoms. The van der Waals surface area contributed by atoms with Crippen molar-refractivity contribution in [3.63, 3.8) is 0 Å². The molecule has 0 bridgehead atoms. The van der Waals surface area contributed by atoms with Crippen LogP contribution in [0.3, 0.4) is 0 Å². The summed E-state index contributed by atoms with van der Waals surface area (Å²) in [7, 11) is 0. The molecule has 16 heteroatoms. The van der Waals surface area contributed by atoms with Crippen molar-refractivity contribution >= 4 is 23.9 Å². The predicted octanol–water partition coefficient (Wildman–Crippen LogP) is -0.0811. The van der Waals surface area contributed by atoms with Gasteiger partial charge in [0.2, 0.25) is 17.8 Å². The number of nitrogen functional groups attached to an aromatic ring is 1. The summed E-state index contributed by atoms with van der Waals surface area (Å²) in [5.74, 6) is 0.378. The van der Waals surface area contributed by atoms with E-state index >= 15 is 0 Å². The summed E-state index contributed by atoms with van der Waals surface area (Å²) >= 11 is 0. The third kappa shape index (κ3) is 6.84. The largest absolute Gasteiger partial charge is 0.447 e. The molecule has 2 aliphatic heterocycles. The van der Waals surface area contributed by atoms with Crippen molar-refractivity contribution in [2.24, 2.45) is 5.73 Å². The predicted molar refractivity (Wildman–Crippen MR) is 128 cm³/mol. The standard InChI is InChI=1S/C21H30F2N10O4/c22-16(23)15-14(13-26-18(25)27-15)17-28-19(30-20(29-17)32-6-9-36-10-7-32)31-2-4-33(5-3-31)21(34)37-12-11-35-8-1-24/h13,16H,1-12,24H2,(H2,25,26,27). The van der Waals surface area contributed by atoms with Crippen LogP contribution in [0.15, 0.2) is 6.20 Å². The van der Waals surface area contributed by atoms with Gasteiger partial charge < -0.3 is 40.4 Å². The molecule has 4 N–H and O–H groups in total. The molecule has 14 nitrogen and oxygen atoms in total. The van der Waals surface area contributed by atoms with Crippen LogP contribution in [0, 0.1) is 0 Å². The Morgan fingerprint density at radius 2 is 1.65 bits per heavy atom. The number of carbonyl (C=O) groups excluding carboxylic acids is 1. The number of morpholine rings is 1. The SMILES string of the molecule is NCCOCCOC(=O)N1CCN(c2nc(-c3cnc(N)nc3C(F)F)nc(N3CCOCC3)n2)CC1. The van der Waals surface area contributed by atoms with Crippen molar-refractivity contribution in [3.05, 3.63) is 11.9 Å². The van der Waals surface area contributed by atoms with Crippen LogP contribution >= 0.6 is 0 Å². The number of hydrogen-bond donors (Lipinski definition) is 2. The highest BCUT2D eigenvalue weighted by atomic mass is 19.3. The van der Waals surface area contributed by atoms with Gasteiger partial charge in [0.15, 0.2) is 5.82 Å². The molecule has 1 amide bonds. The van der Waals surface area contributed by atoms with Gasteiger partial charge in [0, 0.05) is 52.0 Å². The van der Waals surface area contributed by atoms with E-state index in [1.165, 1.54) is 6.20 Å². The van der Waals surface area contributed by atoms with Crippen LogP contribution in [0.1, 0.15) is 12.1 Å². The van der Waals surface area contributed by atoms with Crippen molar-refractivity contribution in [3.8, 4) is 11.4 Å². The van der Waals surface area contributed by atoms with E-state index in [-0.39, 0.29) is 30.5 Å². The summed E-state index contributed by atoms with van der Waals surface area (Å²) in [6.45, 7) is 4.81. The Hall–Kier alpha value is -3.50. The van der Waals surface area contributed by atoms with E-state index in [0.29, 0.717) is 77.5 Å². The van der Waals surface area contributed by atoms with E-state index in [1.54, 1.807) is 4.90 Å². The lowest BCUT2D eigenvalue weighted by molar-refractivity contribution is 0.0563. The van der Waals surface area contributed by atoms with Crippen LogP contribution < -0.4 is 21.3 Å². The number of aromatic nitrogens is 5. The van der Waals surface area contributed by atoms with Gasteiger partial charge in [0.05, 0.1) is 32.0 Å². The molecular weight excluding hydrogens is 494 g/mol. The van der Waals surface area contributed by atoms with Crippen LogP contribution in [0.2, 0.25) is 0 Å². The van der Waals surface area contributed by atoms with Crippen molar-refractivity contribution in [1.82, 2.24) is 29.8 Å². The number of anilines is 3. The minimum absolute atomic E-state index is 0.0149. The number of piperazine rings is 1. The Kier molecular flexibility index (Phi) is 9.08. The van der Waals surface area contributed by atoms with Crippen LogP contribution in [0.4, 0.5) is 31.4 Å². The Balaban J connectivity index is 1.52. The number of nitrogens with two attached hydrogens (primary N) is 2. The molecule has 4 heterocycles. The van der Waals surface area contributed by atoms with Crippen LogP contribution in [-0.2, 0) is 14.2 Å². The second-order valence-electron chi connectivity index (χ2n) is 8.18. The average Bonchev–Trinajstić information content (AvgIpc) is 2.93. The number of amides is 1. The summed E-state index contributed by atoms with van der Waals surface area (Å²) in [4.78, 5) is 38.8. The molecule has 0 atom stereocenters. The lowest BCUT2D eigenvalue weighted by Gasteiger charge is -2.34. The number of alkyl halides is 2. The highest BCUT2D eigenvalue weighted by Gasteiger charge is 2.27. The summed E-state index contributed by atoms with van der Waals surface area (Å²) in [6, 6.07) is 0. The van der Waals surface area contributed by atoms with Crippen LogP contribution in [-0.4, -0.2) is 115 Å². The molecule has 0 aliphatic carbocycles. The minimum Gasteiger partial charge on any atom is -0.447 e. The Morgan fingerprint density at radius 1 is 0.973 bits per heavy atom. The molecule has 4 rings (SSSR count). The molecule has 0 unspecified atom stereocenters. The Labute approximate surface area is 211 Å². The molecule has 37 heavy (non-hydrogen) atoms. The van der Waals surface area contributed by atoms with E-state index in [0.717, 1.165) is 0 Å². The van der Waals surface area contributed by atoms with E-state index in [4.69, 9.17) is 25.7 Å². The quantitative estimate of drug-likeness (QED) is 0.418. The number of ether oxygens (including phenoxy) is 3. The highest BCUT2D eigenvalue weighted by molar-refractivity contribution is 5.68. The lowest BCUT2D eigenvalue weighted by Crippen LogP contribution is -2.49. The maximum atomic E-state index is 13.8. The molecular formula is C21H30F2N10O4. The molecule has 2 fully saturated rings. The van der Waals surface area contributed by atoms with Gasteiger partial charge in [-0.1, -0.05) is 0 Å². The summed E-state index contributed by atoms with van der Waals surface area (Å²) in [6.07, 6.45) is -2.15. The first-order valence-electron chi connectivity index (χ1n) is 11.9. The third-order valence-electron chi connectivity index (χ3n) is 5.73. The van der Waals surface area contributed by atoms with Crippen LogP contribution in [0.5, 0.6) is 0 Å². The average molecular weight is 525 g/mol. The van der Waals surface area contributed by atoms with Gasteiger partial charge >= 0.3 is 6.09 Å². The second kappa shape index (κ2) is 12.6. The third-order valence-corrected chi connectivity index (χ3v) is 5.73. The zero-order valence-corrected chi connectivity index (χ0v) is 20.3. The molecule has 202 valence electrons. The second-order valence-corrected chi connectivity index (χ2v) is 8.18. The van der Waals surface area contributed by atoms with Gasteiger partial charge in [-0.05, 0) is 0 Å². The molecule has 2 aromatic rings. The van der Waals surface area contributed by atoms with Gasteiger partial charge in [-0.2, -0.15) is 15.0 Å². The summed E-state index contributed by atoms with van der Waals surface area (Å²) in [5, 5.41) is 0. The van der Waals surface area contributed by atoms with Crippen molar-refractivity contribution in [2.75, 3.05) is 94.4 Å². The van der Waals surface area contributed by atoms with Gasteiger partial charge in [-0.25, -0.2) is 23.5 Å². The summed E-state index contributed by atoms with van der Waals surface area (Å²) in [5.41, 5.74) is 10.3. The highest BCUT2D eigenvalue weighted by Crippen LogP contribution is 2.30. The lowest BCUT2D eigenvalue weighted by atomic mass is 10.2. The number of nitrogens with zero attached hydrogens (tertiary/aromatic N) is 8. The fraction of sp³-hybridized carbons (Fsp3) is 0.619. The smallest absolute Gasteiger partial charge is 0.409 e. The first kappa shape index (κ1) is 26.6. The zero-order chi connectivity index (χ0) is 26.2. The van der Waals surface area contributed by atoms with Crippen molar-refractivity contribution < 1.29 is 27.8 Å². The monoisotopic (exact) mass is 524 g/mol. The van der Waals surface area contributed by atoms with Gasteiger partial charge in [0.1, 0.15) is 12.3 Å². The molecule has 2 aliphatic rings. The van der Waals surface area contributed by atoms with Gasteiger partial charge in [-0.3, -0.25) is 0 Å². The van der Waals surface area contributed by atoms with E-state index in [9.17, 15) is 13.6 Å². The Bertz CT molecular complexity index is 1050. The summed E-state index contributed by atoms with van der Waals surface area (Å²) < 4.78 is 43.4. The molecule has 0 aromatic carbocycles. The van der Waals surface area contributed by atoms with Crippen molar-refractivity contribution in [1.29, 1.82) is 0 Å². The topological polar surface area (TPSA) is 171 Å². The minimum atomic E-state index is -2.90. The maximum Gasteiger partial charge on any atom is 0.409 e.